The van der Waals surface area contributed by atoms with Crippen molar-refractivity contribution in [2.75, 3.05) is 89.4 Å². The van der Waals surface area contributed by atoms with Crippen LogP contribution in [0.5, 0.6) is 0 Å². The summed E-state index contributed by atoms with van der Waals surface area (Å²) in [4.78, 5) is 93.5. The number of aromatic nitrogens is 6. The molecule has 121 heavy (non-hydrogen) atoms. The second-order valence-corrected chi connectivity index (χ2v) is 33.0. The van der Waals surface area contributed by atoms with Crippen LogP contribution in [-0.4, -0.2) is 192 Å². The van der Waals surface area contributed by atoms with Crippen LogP contribution in [0.15, 0.2) is 158 Å². The SMILES string of the molecule is CC(C)(C)OC(=O)N1CCN(Cc2cccc(-c3cccc(CN)c3)c2)CC1.CCc1nc2c(cnn2CC)c(NC2CCOCC2)c1CNC(=O)c1ccc(C(=O)NCc2cccc(-c3cccc(CN4CCN(C(=O)OC(C)(C)C)CC4)c3)c2)cc1.CCc1nc2c(cnn2CC)c(NC2CCOCC2)c1CNC(=O)c1ccc(C(=O)O)cc1. The van der Waals surface area contributed by atoms with Crippen LogP contribution < -0.4 is 32.3 Å². The van der Waals surface area contributed by atoms with Gasteiger partial charge in [0.1, 0.15) is 11.2 Å². The second kappa shape index (κ2) is 41.6. The lowest BCUT2D eigenvalue weighted by Gasteiger charge is -2.35. The summed E-state index contributed by atoms with van der Waals surface area (Å²) in [7, 11) is 0. The van der Waals surface area contributed by atoms with E-state index in [1.807, 2.05) is 82.4 Å². The predicted octanol–water partition coefficient (Wildman–Crippen LogP) is 14.3. The molecule has 14 rings (SSSR count). The number of nitrogens with two attached hydrogens (primary N) is 1. The number of rotatable bonds is 25. The smallest absolute Gasteiger partial charge is 0.410 e. The number of carboxylic acid groups (broad SMARTS) is 1. The van der Waals surface area contributed by atoms with Gasteiger partial charge in [0.25, 0.3) is 17.7 Å². The highest BCUT2D eigenvalue weighted by molar-refractivity contribution is 5.99. The van der Waals surface area contributed by atoms with E-state index in [0.29, 0.717) is 102 Å². The third-order valence-electron chi connectivity index (χ3n) is 21.9. The van der Waals surface area contributed by atoms with Crippen molar-refractivity contribution in [1.29, 1.82) is 0 Å². The molecule has 640 valence electrons. The first-order valence-electron chi connectivity index (χ1n) is 42.5. The van der Waals surface area contributed by atoms with Crippen LogP contribution >= 0.6 is 0 Å². The molecule has 0 radical (unpaired) electrons. The third kappa shape index (κ3) is 24.1. The Morgan fingerprint density at radius 3 is 1.14 bits per heavy atom. The number of carbonyl (C=O) groups is 6. The Morgan fingerprint density at radius 2 is 0.793 bits per heavy atom. The molecule has 4 aliphatic rings. The third-order valence-corrected chi connectivity index (χ3v) is 21.9. The standard InChI is InChI=1S/C47H58N8O5.C24H29N5O4.C23H31N3O2/c1-6-41-39(42(51-38-18-24-59-25-19-38)40-30-50-55(7-2)43(40)52-41)29-49-45(57)35-16-14-34(15-17-35)44(56)48-28-32-10-8-12-36(26-32)37-13-9-11-33(27-37)31-53-20-22-54(23-21-53)46(58)60-47(3,4)5;1-3-20-18(13-25-23(30)15-5-7-16(8-6-15)24(31)32)21(27-17-9-11-33-12-10-17)19-14-26-29(4-2)22(19)28-20;1-23(2,3)28-22(27)26-12-10-25(11-13-26)17-19-7-5-9-21(15-19)20-8-4-6-18(14-20)16-24/h8-17,26-27,30,38H,6-7,18-25,28-29,31H2,1-5H3,(H,48,56)(H,49,57)(H,51,52);5-8,14,17H,3-4,9-13H2,1-2H3,(H,25,30)(H,27,28)(H,31,32);4-9,14-15H,10-13,16-17,24H2,1-3H3. The fourth-order valence-electron chi connectivity index (χ4n) is 15.3. The summed E-state index contributed by atoms with van der Waals surface area (Å²) in [6.45, 7) is 33.0. The van der Waals surface area contributed by atoms with Crippen LogP contribution in [0, 0.1) is 0 Å². The lowest BCUT2D eigenvalue weighted by atomic mass is 10.0. The lowest BCUT2D eigenvalue weighted by Crippen LogP contribution is -2.49. The predicted molar refractivity (Wildman–Crippen MR) is 471 cm³/mol. The minimum Gasteiger partial charge on any atom is -0.478 e. The number of hydrogen-bond acceptors (Lipinski definition) is 19. The number of aryl methyl sites for hydroxylation is 4. The van der Waals surface area contributed by atoms with Gasteiger partial charge in [0.2, 0.25) is 0 Å². The van der Waals surface area contributed by atoms with Gasteiger partial charge >= 0.3 is 18.2 Å². The van der Waals surface area contributed by atoms with Crippen LogP contribution in [0.2, 0.25) is 0 Å². The second-order valence-electron chi connectivity index (χ2n) is 33.0. The van der Waals surface area contributed by atoms with Gasteiger partial charge in [0.15, 0.2) is 11.3 Å². The van der Waals surface area contributed by atoms with Crippen molar-refractivity contribution in [3.05, 3.63) is 225 Å². The van der Waals surface area contributed by atoms with Gasteiger partial charge in [-0.05, 0) is 211 Å². The van der Waals surface area contributed by atoms with Crippen LogP contribution in [0.3, 0.4) is 0 Å². The molecule has 0 atom stereocenters. The maximum atomic E-state index is 13.5. The molecule has 4 fully saturated rings. The van der Waals surface area contributed by atoms with E-state index in [4.69, 9.17) is 39.8 Å². The zero-order valence-electron chi connectivity index (χ0n) is 71.6. The highest BCUT2D eigenvalue weighted by Crippen LogP contribution is 2.35. The van der Waals surface area contributed by atoms with Gasteiger partial charge in [0.05, 0.1) is 40.1 Å². The number of nitrogens with one attached hydrogen (secondary N) is 5. The zero-order chi connectivity index (χ0) is 85.7. The number of carbonyl (C=O) groups excluding carboxylic acids is 5. The van der Waals surface area contributed by atoms with Crippen molar-refractivity contribution in [2.24, 2.45) is 5.73 Å². The monoisotopic (exact) mass is 1650 g/mol. The molecule has 4 aliphatic heterocycles. The molecule has 0 bridgehead atoms. The van der Waals surface area contributed by atoms with Crippen molar-refractivity contribution < 1.29 is 52.8 Å². The first-order valence-corrected chi connectivity index (χ1v) is 42.5. The number of nitrogens with zero attached hydrogens (tertiary/aromatic N) is 10. The van der Waals surface area contributed by atoms with Crippen LogP contribution in [0.4, 0.5) is 21.0 Å². The number of anilines is 2. The van der Waals surface area contributed by atoms with Crippen molar-refractivity contribution in [2.45, 2.75) is 183 Å². The number of aromatic carboxylic acids is 1. The molecule has 27 nitrogen and oxygen atoms in total. The molecular weight excluding hydrogens is 1530 g/mol. The molecule has 10 aromatic rings. The van der Waals surface area contributed by atoms with Gasteiger partial charge in [-0.25, -0.2) is 33.7 Å². The topological polar surface area (TPSA) is 320 Å². The summed E-state index contributed by atoms with van der Waals surface area (Å²) >= 11 is 0. The Hall–Kier alpha value is -11.6. The fraction of sp³-hybridized carbons (Fsp3) is 0.426. The van der Waals surface area contributed by atoms with Crippen LogP contribution in [0.1, 0.15) is 181 Å². The normalized spacial score (nSPS) is 15.0. The Morgan fingerprint density at radius 1 is 0.455 bits per heavy atom. The van der Waals surface area contributed by atoms with Crippen LogP contribution in [-0.2, 0) is 84.1 Å². The first kappa shape index (κ1) is 88.7. The summed E-state index contributed by atoms with van der Waals surface area (Å²) in [6, 6.07) is 46.9. The quantitative estimate of drug-likeness (QED) is 0.0279. The van der Waals surface area contributed by atoms with Gasteiger partial charge in [0, 0.05) is 182 Å². The molecule has 0 spiro atoms. The van der Waals surface area contributed by atoms with Crippen molar-refractivity contribution >= 4 is 69.3 Å². The van der Waals surface area contributed by atoms with Crippen molar-refractivity contribution in [3.63, 3.8) is 0 Å². The number of hydrogen-bond donors (Lipinski definition) is 7. The number of pyridine rings is 2. The highest BCUT2D eigenvalue weighted by Gasteiger charge is 2.30. The summed E-state index contributed by atoms with van der Waals surface area (Å²) in [5.74, 6) is -1.74. The molecular formula is C94H118N16O11. The van der Waals surface area contributed by atoms with Gasteiger partial charge in [-0.2, -0.15) is 10.2 Å². The first-order chi connectivity index (χ1) is 58.3. The average Bonchev–Trinajstić information content (AvgIpc) is 1.65. The average molecular weight is 1650 g/mol. The summed E-state index contributed by atoms with van der Waals surface area (Å²) in [6.07, 6.45) is 8.28. The Labute approximate surface area is 709 Å². The number of ether oxygens (including phenoxy) is 4. The van der Waals surface area contributed by atoms with Gasteiger partial charge in [-0.3, -0.25) is 24.2 Å². The molecule has 4 saturated heterocycles. The Kier molecular flexibility index (Phi) is 30.5. The number of carboxylic acids is 1. The van der Waals surface area contributed by atoms with E-state index in [2.05, 4.69) is 152 Å². The largest absolute Gasteiger partial charge is 0.478 e. The number of fused-ring (bicyclic) bond motifs is 2. The van der Waals surface area contributed by atoms with Crippen molar-refractivity contribution in [3.8, 4) is 22.3 Å². The molecule has 4 aromatic heterocycles. The van der Waals surface area contributed by atoms with Gasteiger partial charge in [-0.15, -0.1) is 0 Å². The summed E-state index contributed by atoms with van der Waals surface area (Å²) in [5.41, 5.74) is 22.8. The minimum atomic E-state index is -1.02. The van der Waals surface area contributed by atoms with Gasteiger partial charge < -0.3 is 66.2 Å². The molecule has 0 unspecified atom stereocenters. The van der Waals surface area contributed by atoms with E-state index in [1.54, 1.807) is 34.1 Å². The minimum absolute atomic E-state index is 0.144. The molecule has 6 aromatic carbocycles. The van der Waals surface area contributed by atoms with E-state index >= 15 is 0 Å². The zero-order valence-corrected chi connectivity index (χ0v) is 71.6. The molecule has 0 aliphatic carbocycles. The van der Waals surface area contributed by atoms with E-state index in [-0.39, 0.29) is 47.6 Å². The fourth-order valence-corrected chi connectivity index (χ4v) is 15.3. The van der Waals surface area contributed by atoms with E-state index in [9.17, 15) is 28.8 Å². The highest BCUT2D eigenvalue weighted by atomic mass is 16.6. The Bertz CT molecular complexity index is 5200. The van der Waals surface area contributed by atoms with E-state index < -0.39 is 17.2 Å². The maximum absolute atomic E-state index is 13.5. The lowest BCUT2D eigenvalue weighted by molar-refractivity contribution is 0.0129. The molecule has 5 amide bonds. The Balaban J connectivity index is 0.000000184. The van der Waals surface area contributed by atoms with Gasteiger partial charge in [-0.1, -0.05) is 86.6 Å². The number of piperazine rings is 2. The van der Waals surface area contributed by atoms with E-state index in [0.717, 1.165) is 163 Å². The molecule has 27 heteroatoms. The molecule has 8 N–H and O–H groups in total. The van der Waals surface area contributed by atoms with E-state index in [1.165, 1.54) is 46.5 Å². The summed E-state index contributed by atoms with van der Waals surface area (Å²) < 4.78 is 25.9. The van der Waals surface area contributed by atoms with Crippen LogP contribution in [0.25, 0.3) is 44.3 Å². The maximum Gasteiger partial charge on any atom is 0.410 e. The van der Waals surface area contributed by atoms with Crippen molar-refractivity contribution in [1.82, 2.24) is 65.1 Å². The molecule has 8 heterocycles. The number of benzene rings is 6. The number of amides is 5. The molecule has 0 saturated carbocycles. The summed E-state index contributed by atoms with van der Waals surface area (Å²) in [5, 5.41) is 36.6.